The van der Waals surface area contributed by atoms with Crippen LogP contribution in [0, 0.1) is 0 Å². The molecule has 0 saturated heterocycles. The second-order valence-electron chi connectivity index (χ2n) is 3.01. The number of ether oxygens (including phenoxy) is 2. The van der Waals surface area contributed by atoms with Crippen LogP contribution in [0.4, 0.5) is 0 Å². The Hall–Kier alpha value is -2.24. The molecule has 2 aromatic rings. The molecule has 0 radical (unpaired) electrons. The number of nitrogens with one attached hydrogen (secondary N) is 1. The topological polar surface area (TPSA) is 77.3 Å². The zero-order chi connectivity index (χ0) is 11.5. The summed E-state index contributed by atoms with van der Waals surface area (Å²) in [6.45, 7) is 0. The highest BCUT2D eigenvalue weighted by atomic mass is 16.5. The van der Waals surface area contributed by atoms with Gasteiger partial charge in [0.05, 0.1) is 19.8 Å². The van der Waals surface area contributed by atoms with E-state index in [1.165, 1.54) is 7.11 Å². The summed E-state index contributed by atoms with van der Waals surface area (Å²) >= 11 is 0. The third-order valence-corrected chi connectivity index (χ3v) is 2.10. The molecule has 0 amide bonds. The maximum atomic E-state index is 10.9. The van der Waals surface area contributed by atoms with Crippen LogP contribution < -0.4 is 15.2 Å². The van der Waals surface area contributed by atoms with Gasteiger partial charge in [-0.05, 0) is 18.2 Å². The highest BCUT2D eigenvalue weighted by Crippen LogP contribution is 2.30. The predicted octanol–water partition coefficient (Wildman–Crippen LogP) is 1.05. The van der Waals surface area contributed by atoms with Gasteiger partial charge < -0.3 is 9.47 Å². The van der Waals surface area contributed by atoms with E-state index < -0.39 is 5.76 Å². The van der Waals surface area contributed by atoms with Gasteiger partial charge >= 0.3 is 5.76 Å². The number of nitrogens with zero attached hydrogens (tertiary/aromatic N) is 1. The average Bonchev–Trinajstić information content (AvgIpc) is 2.75. The van der Waals surface area contributed by atoms with Crippen molar-refractivity contribution >= 4 is 0 Å². The van der Waals surface area contributed by atoms with Crippen molar-refractivity contribution in [1.29, 1.82) is 0 Å². The molecular formula is C10H10N2O4. The molecule has 1 aromatic heterocycles. The van der Waals surface area contributed by atoms with Gasteiger partial charge in [0, 0.05) is 0 Å². The average molecular weight is 222 g/mol. The maximum absolute atomic E-state index is 10.9. The van der Waals surface area contributed by atoms with Crippen molar-refractivity contribution in [3.05, 3.63) is 28.7 Å². The molecule has 2 rings (SSSR count). The third kappa shape index (κ3) is 1.77. The number of hydrogen-bond donors (Lipinski definition) is 1. The van der Waals surface area contributed by atoms with Crippen LogP contribution >= 0.6 is 0 Å². The van der Waals surface area contributed by atoms with Crippen molar-refractivity contribution in [2.24, 2.45) is 0 Å². The number of benzene rings is 1. The minimum atomic E-state index is -0.611. The van der Waals surface area contributed by atoms with Crippen molar-refractivity contribution in [3.63, 3.8) is 0 Å². The van der Waals surface area contributed by atoms with Gasteiger partial charge in [0.1, 0.15) is 11.5 Å². The van der Waals surface area contributed by atoms with Crippen molar-refractivity contribution in [2.45, 2.75) is 0 Å². The highest BCUT2D eigenvalue weighted by Gasteiger charge is 2.11. The van der Waals surface area contributed by atoms with Gasteiger partial charge in [0.25, 0.3) is 0 Å². The molecule has 0 spiro atoms. The van der Waals surface area contributed by atoms with Gasteiger partial charge in [0.2, 0.25) is 0 Å². The molecule has 1 heterocycles. The van der Waals surface area contributed by atoms with E-state index >= 15 is 0 Å². The number of rotatable bonds is 3. The van der Waals surface area contributed by atoms with Crippen molar-refractivity contribution in [2.75, 3.05) is 14.2 Å². The van der Waals surface area contributed by atoms with Crippen molar-refractivity contribution < 1.29 is 14.0 Å². The molecule has 0 aliphatic heterocycles. The van der Waals surface area contributed by atoms with E-state index in [0.29, 0.717) is 22.9 Å². The summed E-state index contributed by atoms with van der Waals surface area (Å²) in [7, 11) is 3.08. The van der Waals surface area contributed by atoms with Gasteiger partial charge in [0.15, 0.2) is 5.82 Å². The van der Waals surface area contributed by atoms with E-state index in [4.69, 9.17) is 9.47 Å². The Bertz CT molecular complexity index is 544. The Balaban J connectivity index is 2.56. The second kappa shape index (κ2) is 4.09. The first-order valence-corrected chi connectivity index (χ1v) is 4.53. The Morgan fingerprint density at radius 1 is 1.31 bits per heavy atom. The van der Waals surface area contributed by atoms with Crippen LogP contribution in [0.25, 0.3) is 11.4 Å². The van der Waals surface area contributed by atoms with Crippen LogP contribution in [0.3, 0.4) is 0 Å². The van der Waals surface area contributed by atoms with Crippen molar-refractivity contribution in [3.8, 4) is 22.9 Å². The molecule has 6 nitrogen and oxygen atoms in total. The van der Waals surface area contributed by atoms with E-state index in [0.717, 1.165) is 0 Å². The van der Waals surface area contributed by atoms with Crippen molar-refractivity contribution in [1.82, 2.24) is 10.1 Å². The number of hydrogen-bond acceptors (Lipinski definition) is 5. The van der Waals surface area contributed by atoms with Crippen LogP contribution in [-0.2, 0) is 0 Å². The number of aromatic nitrogens is 2. The largest absolute Gasteiger partial charge is 0.497 e. The van der Waals surface area contributed by atoms with E-state index in [2.05, 4.69) is 14.7 Å². The van der Waals surface area contributed by atoms with Gasteiger partial charge in [-0.15, -0.1) is 0 Å². The lowest BCUT2D eigenvalue weighted by molar-refractivity contribution is 0.386. The zero-order valence-corrected chi connectivity index (χ0v) is 8.81. The first kappa shape index (κ1) is 10.3. The molecule has 0 aliphatic rings. The van der Waals surface area contributed by atoms with Crippen LogP contribution in [-0.4, -0.2) is 24.4 Å². The quantitative estimate of drug-likeness (QED) is 0.839. The highest BCUT2D eigenvalue weighted by molar-refractivity contribution is 5.65. The Morgan fingerprint density at radius 2 is 2.12 bits per heavy atom. The Kier molecular flexibility index (Phi) is 2.63. The van der Waals surface area contributed by atoms with E-state index in [9.17, 15) is 4.79 Å². The molecule has 84 valence electrons. The van der Waals surface area contributed by atoms with E-state index in [1.54, 1.807) is 25.3 Å². The van der Waals surface area contributed by atoms with Crippen LogP contribution in [0.5, 0.6) is 11.5 Å². The molecule has 0 unspecified atom stereocenters. The van der Waals surface area contributed by atoms with Crippen LogP contribution in [0.2, 0.25) is 0 Å². The summed E-state index contributed by atoms with van der Waals surface area (Å²) in [6, 6.07) is 5.17. The number of H-pyrrole nitrogens is 1. The van der Waals surface area contributed by atoms with Gasteiger partial charge in [-0.3, -0.25) is 9.51 Å². The summed E-state index contributed by atoms with van der Waals surface area (Å²) < 4.78 is 14.7. The minimum Gasteiger partial charge on any atom is -0.497 e. The van der Waals surface area contributed by atoms with Gasteiger partial charge in [-0.1, -0.05) is 5.16 Å². The SMILES string of the molecule is COc1ccc(OC)c(-c2noc(=O)[nH]2)c1. The molecule has 0 bridgehead atoms. The van der Waals surface area contributed by atoms with Gasteiger partial charge in [-0.2, -0.15) is 0 Å². The summed E-state index contributed by atoms with van der Waals surface area (Å²) in [5, 5.41) is 3.59. The molecule has 0 fully saturated rings. The summed E-state index contributed by atoms with van der Waals surface area (Å²) in [6.07, 6.45) is 0. The Labute approximate surface area is 90.8 Å². The minimum absolute atomic E-state index is 0.306. The van der Waals surface area contributed by atoms with Crippen LogP contribution in [0.1, 0.15) is 0 Å². The lowest BCUT2D eigenvalue weighted by atomic mass is 10.2. The molecule has 16 heavy (non-hydrogen) atoms. The first-order valence-electron chi connectivity index (χ1n) is 4.53. The van der Waals surface area contributed by atoms with Gasteiger partial charge in [-0.25, -0.2) is 4.79 Å². The zero-order valence-electron chi connectivity index (χ0n) is 8.81. The summed E-state index contributed by atoms with van der Waals surface area (Å²) in [4.78, 5) is 13.3. The fourth-order valence-electron chi connectivity index (χ4n) is 1.35. The number of aromatic amines is 1. The van der Waals surface area contributed by atoms with E-state index in [-0.39, 0.29) is 0 Å². The second-order valence-corrected chi connectivity index (χ2v) is 3.01. The molecular weight excluding hydrogens is 212 g/mol. The molecule has 0 aliphatic carbocycles. The molecule has 1 N–H and O–H groups in total. The molecule has 6 heteroatoms. The standard InChI is InChI=1S/C10H10N2O4/c1-14-6-3-4-8(15-2)7(5-6)9-11-10(13)16-12-9/h3-5H,1-2H3,(H,11,12,13). The monoisotopic (exact) mass is 222 g/mol. The Morgan fingerprint density at radius 3 is 2.69 bits per heavy atom. The first-order chi connectivity index (χ1) is 7.74. The van der Waals surface area contributed by atoms with Crippen LogP contribution in [0.15, 0.2) is 27.5 Å². The molecule has 0 saturated carbocycles. The van der Waals surface area contributed by atoms with E-state index in [1.807, 2.05) is 0 Å². The lowest BCUT2D eigenvalue weighted by Gasteiger charge is -2.07. The number of methoxy groups -OCH3 is 2. The lowest BCUT2D eigenvalue weighted by Crippen LogP contribution is -1.96. The smallest absolute Gasteiger partial charge is 0.439 e. The normalized spacial score (nSPS) is 10.1. The molecule has 0 atom stereocenters. The third-order valence-electron chi connectivity index (χ3n) is 2.10. The predicted molar refractivity (Wildman–Crippen MR) is 55.7 cm³/mol. The fourth-order valence-corrected chi connectivity index (χ4v) is 1.35. The maximum Gasteiger partial charge on any atom is 0.439 e. The summed E-state index contributed by atoms with van der Waals surface area (Å²) in [5.41, 5.74) is 0.604. The fraction of sp³-hybridized carbons (Fsp3) is 0.200. The summed E-state index contributed by atoms with van der Waals surface area (Å²) in [5.74, 6) is 0.908. The molecule has 1 aromatic carbocycles.